The zero-order valence-corrected chi connectivity index (χ0v) is 13.0. The average molecular weight is 312 g/mol. The van der Waals surface area contributed by atoms with Crippen molar-refractivity contribution in [2.75, 3.05) is 20.3 Å². The van der Waals surface area contributed by atoms with Gasteiger partial charge in [-0.3, -0.25) is 0 Å². The summed E-state index contributed by atoms with van der Waals surface area (Å²) in [5.74, 6) is 0.587. The fourth-order valence-electron chi connectivity index (χ4n) is 2.10. The van der Waals surface area contributed by atoms with Crippen molar-refractivity contribution in [2.24, 2.45) is 0 Å². The topological polar surface area (TPSA) is 39.1 Å². The number of benzene rings is 1. The molecule has 0 saturated heterocycles. The summed E-state index contributed by atoms with van der Waals surface area (Å²) in [6, 6.07) is 4.59. The summed E-state index contributed by atoms with van der Waals surface area (Å²) in [7, 11) is 1.66. The quantitative estimate of drug-likeness (QED) is 0.799. The highest BCUT2D eigenvalue weighted by Gasteiger charge is 2.10. The lowest BCUT2D eigenvalue weighted by Gasteiger charge is -2.12. The SMILES string of the molecule is COCCNCc1cnc(C)n1Cc1cc(Cl)ccc1F. The van der Waals surface area contributed by atoms with Gasteiger partial charge in [0.2, 0.25) is 0 Å². The van der Waals surface area contributed by atoms with Gasteiger partial charge in [-0.1, -0.05) is 11.6 Å². The third-order valence-corrected chi connectivity index (χ3v) is 3.50. The van der Waals surface area contributed by atoms with E-state index in [1.807, 2.05) is 11.5 Å². The maximum absolute atomic E-state index is 13.9. The van der Waals surface area contributed by atoms with Crippen molar-refractivity contribution in [2.45, 2.75) is 20.0 Å². The number of nitrogens with zero attached hydrogens (tertiary/aromatic N) is 2. The molecule has 1 N–H and O–H groups in total. The second kappa shape index (κ2) is 7.54. The first-order valence-electron chi connectivity index (χ1n) is 6.76. The summed E-state index contributed by atoms with van der Waals surface area (Å²) in [6.07, 6.45) is 1.80. The van der Waals surface area contributed by atoms with E-state index in [0.29, 0.717) is 30.3 Å². The Hall–Kier alpha value is -1.43. The van der Waals surface area contributed by atoms with Gasteiger partial charge >= 0.3 is 0 Å². The Kier molecular flexibility index (Phi) is 5.73. The fourth-order valence-corrected chi connectivity index (χ4v) is 2.29. The van der Waals surface area contributed by atoms with E-state index >= 15 is 0 Å². The molecular formula is C15H19ClFN3O. The molecule has 0 aliphatic rings. The third kappa shape index (κ3) is 4.27. The van der Waals surface area contributed by atoms with Crippen LogP contribution in [-0.2, 0) is 17.8 Å². The van der Waals surface area contributed by atoms with Gasteiger partial charge in [-0.15, -0.1) is 0 Å². The lowest BCUT2D eigenvalue weighted by molar-refractivity contribution is 0.199. The zero-order valence-electron chi connectivity index (χ0n) is 12.2. The molecule has 114 valence electrons. The molecule has 0 aliphatic heterocycles. The summed E-state index contributed by atoms with van der Waals surface area (Å²) in [5, 5.41) is 3.79. The number of nitrogens with one attached hydrogen (secondary N) is 1. The van der Waals surface area contributed by atoms with Gasteiger partial charge in [0.15, 0.2) is 0 Å². The first-order chi connectivity index (χ1) is 10.1. The molecule has 2 aromatic rings. The number of imidazole rings is 1. The lowest BCUT2D eigenvalue weighted by Crippen LogP contribution is -2.21. The normalized spacial score (nSPS) is 11.0. The number of rotatable bonds is 7. The minimum absolute atomic E-state index is 0.259. The molecule has 0 amide bonds. The Bertz CT molecular complexity index is 601. The second-order valence-electron chi connectivity index (χ2n) is 4.79. The van der Waals surface area contributed by atoms with Crippen molar-refractivity contribution < 1.29 is 9.13 Å². The van der Waals surface area contributed by atoms with E-state index in [-0.39, 0.29) is 5.82 Å². The van der Waals surface area contributed by atoms with Crippen LogP contribution in [-0.4, -0.2) is 29.8 Å². The van der Waals surface area contributed by atoms with Crippen molar-refractivity contribution in [1.29, 1.82) is 0 Å². The number of ether oxygens (including phenoxy) is 1. The smallest absolute Gasteiger partial charge is 0.128 e. The molecule has 21 heavy (non-hydrogen) atoms. The van der Waals surface area contributed by atoms with Crippen LogP contribution in [0.3, 0.4) is 0 Å². The largest absolute Gasteiger partial charge is 0.383 e. The van der Waals surface area contributed by atoms with Crippen LogP contribution in [0, 0.1) is 12.7 Å². The summed E-state index contributed by atoms with van der Waals surface area (Å²) in [4.78, 5) is 4.30. The summed E-state index contributed by atoms with van der Waals surface area (Å²) >= 11 is 5.94. The van der Waals surface area contributed by atoms with Crippen LogP contribution in [0.2, 0.25) is 5.02 Å². The highest BCUT2D eigenvalue weighted by molar-refractivity contribution is 6.30. The summed E-state index contributed by atoms with van der Waals surface area (Å²) in [5.41, 5.74) is 1.56. The van der Waals surface area contributed by atoms with Crippen LogP contribution in [0.25, 0.3) is 0 Å². The van der Waals surface area contributed by atoms with Gasteiger partial charge in [0, 0.05) is 37.0 Å². The van der Waals surface area contributed by atoms with E-state index in [1.165, 1.54) is 6.07 Å². The van der Waals surface area contributed by atoms with Crippen LogP contribution in [0.4, 0.5) is 4.39 Å². The van der Waals surface area contributed by atoms with Gasteiger partial charge in [0.25, 0.3) is 0 Å². The highest BCUT2D eigenvalue weighted by atomic mass is 35.5. The van der Waals surface area contributed by atoms with Gasteiger partial charge in [0.05, 0.1) is 18.8 Å². The van der Waals surface area contributed by atoms with Crippen LogP contribution in [0.15, 0.2) is 24.4 Å². The lowest BCUT2D eigenvalue weighted by atomic mass is 10.2. The molecule has 4 nitrogen and oxygen atoms in total. The summed E-state index contributed by atoms with van der Waals surface area (Å²) in [6.45, 7) is 4.38. The molecule has 0 spiro atoms. The molecule has 1 aromatic heterocycles. The zero-order chi connectivity index (χ0) is 15.2. The van der Waals surface area contributed by atoms with Gasteiger partial charge in [0.1, 0.15) is 11.6 Å². The molecule has 0 unspecified atom stereocenters. The second-order valence-corrected chi connectivity index (χ2v) is 5.22. The minimum Gasteiger partial charge on any atom is -0.383 e. The maximum atomic E-state index is 13.9. The number of aryl methyl sites for hydroxylation is 1. The molecule has 2 rings (SSSR count). The Labute approximate surface area is 128 Å². The van der Waals surface area contributed by atoms with E-state index in [1.54, 1.807) is 25.4 Å². The molecular weight excluding hydrogens is 293 g/mol. The highest BCUT2D eigenvalue weighted by Crippen LogP contribution is 2.17. The molecule has 0 bridgehead atoms. The Morgan fingerprint density at radius 2 is 2.24 bits per heavy atom. The number of aromatic nitrogens is 2. The molecule has 0 saturated carbocycles. The van der Waals surface area contributed by atoms with Crippen molar-refractivity contribution in [1.82, 2.24) is 14.9 Å². The molecule has 0 radical (unpaired) electrons. The molecule has 0 atom stereocenters. The van der Waals surface area contributed by atoms with Gasteiger partial charge in [-0.05, 0) is 25.1 Å². The Morgan fingerprint density at radius 3 is 3.00 bits per heavy atom. The van der Waals surface area contributed by atoms with Crippen molar-refractivity contribution in [3.8, 4) is 0 Å². The number of hydrogen-bond acceptors (Lipinski definition) is 3. The first kappa shape index (κ1) is 15.9. The molecule has 0 aliphatic carbocycles. The van der Waals surface area contributed by atoms with Crippen LogP contribution in [0.1, 0.15) is 17.1 Å². The van der Waals surface area contributed by atoms with E-state index < -0.39 is 0 Å². The molecule has 1 heterocycles. The fraction of sp³-hybridized carbons (Fsp3) is 0.400. The monoisotopic (exact) mass is 311 g/mol. The number of halogens is 2. The first-order valence-corrected chi connectivity index (χ1v) is 7.14. The van der Waals surface area contributed by atoms with Gasteiger partial charge in [-0.25, -0.2) is 9.37 Å². The number of hydrogen-bond donors (Lipinski definition) is 1. The predicted octanol–water partition coefficient (Wildman–Crippen LogP) is 2.77. The standard InChI is InChI=1S/C15H19ClFN3O/c1-11-19-9-14(8-18-5-6-21-2)20(11)10-12-7-13(16)3-4-15(12)17/h3-4,7,9,18H,5-6,8,10H2,1-2H3. The van der Waals surface area contributed by atoms with Crippen LogP contribution >= 0.6 is 11.6 Å². The van der Waals surface area contributed by atoms with E-state index in [4.69, 9.17) is 16.3 Å². The van der Waals surface area contributed by atoms with Crippen LogP contribution < -0.4 is 5.32 Å². The molecule has 0 fully saturated rings. The average Bonchev–Trinajstić information content (AvgIpc) is 2.80. The van der Waals surface area contributed by atoms with Crippen molar-refractivity contribution in [3.63, 3.8) is 0 Å². The van der Waals surface area contributed by atoms with E-state index in [9.17, 15) is 4.39 Å². The van der Waals surface area contributed by atoms with E-state index in [0.717, 1.165) is 18.1 Å². The third-order valence-electron chi connectivity index (χ3n) is 3.26. The predicted molar refractivity (Wildman–Crippen MR) is 81.1 cm³/mol. The van der Waals surface area contributed by atoms with Gasteiger partial charge in [-0.2, -0.15) is 0 Å². The maximum Gasteiger partial charge on any atom is 0.128 e. The summed E-state index contributed by atoms with van der Waals surface area (Å²) < 4.78 is 20.8. The van der Waals surface area contributed by atoms with Gasteiger partial charge < -0.3 is 14.6 Å². The number of methoxy groups -OCH3 is 1. The van der Waals surface area contributed by atoms with Crippen molar-refractivity contribution in [3.05, 3.63) is 52.3 Å². The van der Waals surface area contributed by atoms with Crippen LogP contribution in [0.5, 0.6) is 0 Å². The minimum atomic E-state index is -0.259. The molecule has 6 heteroatoms. The Morgan fingerprint density at radius 1 is 1.43 bits per heavy atom. The van der Waals surface area contributed by atoms with Crippen molar-refractivity contribution >= 4 is 11.6 Å². The van der Waals surface area contributed by atoms with E-state index in [2.05, 4.69) is 10.3 Å². The molecule has 1 aromatic carbocycles. The Balaban J connectivity index is 2.12.